The van der Waals surface area contributed by atoms with Crippen molar-refractivity contribution in [2.75, 3.05) is 13.1 Å². The van der Waals surface area contributed by atoms with E-state index in [1.54, 1.807) is 6.07 Å². The zero-order valence-corrected chi connectivity index (χ0v) is 13.7. The molecule has 24 heavy (non-hydrogen) atoms. The van der Waals surface area contributed by atoms with Crippen LogP contribution in [-0.2, 0) is 4.79 Å². The molecule has 1 aromatic rings. The molecule has 5 N–H and O–H groups in total. The van der Waals surface area contributed by atoms with Gasteiger partial charge in [-0.25, -0.2) is 4.39 Å². The van der Waals surface area contributed by atoms with Gasteiger partial charge in [-0.05, 0) is 49.1 Å². The van der Waals surface area contributed by atoms with E-state index >= 15 is 0 Å². The Morgan fingerprint density at radius 1 is 1.46 bits per heavy atom. The van der Waals surface area contributed by atoms with E-state index < -0.39 is 23.7 Å². The first kappa shape index (κ1) is 18.4. The Hall–Kier alpha value is -1.99. The Morgan fingerprint density at radius 3 is 2.88 bits per heavy atom. The van der Waals surface area contributed by atoms with Gasteiger partial charge in [0.05, 0.1) is 0 Å². The van der Waals surface area contributed by atoms with E-state index in [0.717, 1.165) is 37.4 Å². The molecule has 6 nitrogen and oxygen atoms in total. The molecule has 0 bridgehead atoms. The Bertz CT molecular complexity index is 609. The molecule has 2 unspecified atom stereocenters. The molecule has 0 aliphatic carbocycles. The van der Waals surface area contributed by atoms with Gasteiger partial charge in [0.25, 0.3) is 5.91 Å². The largest absolute Gasteiger partial charge is 0.480 e. The average Bonchev–Trinajstić information content (AvgIpc) is 2.58. The van der Waals surface area contributed by atoms with Gasteiger partial charge < -0.3 is 21.5 Å². The number of carboxylic acids is 1. The Balaban J connectivity index is 2.15. The average molecular weight is 337 g/mol. The first-order valence-corrected chi connectivity index (χ1v) is 8.22. The molecule has 3 atom stereocenters. The minimum atomic E-state index is -1.20. The van der Waals surface area contributed by atoms with Crippen LogP contribution < -0.4 is 16.4 Å². The fraction of sp³-hybridized carbons (Fsp3) is 0.529. The van der Waals surface area contributed by atoms with E-state index in [1.165, 1.54) is 6.07 Å². The highest BCUT2D eigenvalue weighted by molar-refractivity contribution is 5.94. The van der Waals surface area contributed by atoms with Crippen LogP contribution in [0.15, 0.2) is 18.2 Å². The van der Waals surface area contributed by atoms with Crippen molar-refractivity contribution in [1.82, 2.24) is 10.6 Å². The van der Waals surface area contributed by atoms with Crippen LogP contribution in [0.2, 0.25) is 0 Å². The van der Waals surface area contributed by atoms with Gasteiger partial charge in [0.1, 0.15) is 11.9 Å². The Kier molecular flexibility index (Phi) is 6.28. The lowest BCUT2D eigenvalue weighted by Crippen LogP contribution is -2.42. The lowest BCUT2D eigenvalue weighted by atomic mass is 9.84. The van der Waals surface area contributed by atoms with Gasteiger partial charge in [0.2, 0.25) is 0 Å². The first-order valence-electron chi connectivity index (χ1n) is 8.22. The maximum atomic E-state index is 14.0. The smallest absolute Gasteiger partial charge is 0.322 e. The number of nitrogens with one attached hydrogen (secondary N) is 2. The zero-order chi connectivity index (χ0) is 17.7. The minimum absolute atomic E-state index is 0.0206. The summed E-state index contributed by atoms with van der Waals surface area (Å²) in [5.41, 5.74) is 6.27. The van der Waals surface area contributed by atoms with Crippen LogP contribution in [0.4, 0.5) is 4.39 Å². The zero-order valence-electron chi connectivity index (χ0n) is 13.7. The van der Waals surface area contributed by atoms with Gasteiger partial charge in [-0.1, -0.05) is 13.3 Å². The fourth-order valence-electron chi connectivity index (χ4n) is 3.10. The predicted octanol–water partition coefficient (Wildman–Crippen LogP) is 1.42. The first-order chi connectivity index (χ1) is 11.4. The molecule has 2 rings (SSSR count). The third-order valence-corrected chi connectivity index (χ3v) is 4.45. The summed E-state index contributed by atoms with van der Waals surface area (Å²) >= 11 is 0. The second kappa shape index (κ2) is 8.21. The number of halogens is 1. The maximum Gasteiger partial charge on any atom is 0.322 e. The monoisotopic (exact) mass is 337 g/mol. The van der Waals surface area contributed by atoms with E-state index in [0.29, 0.717) is 5.92 Å². The number of nitrogens with two attached hydrogens (primary N) is 1. The van der Waals surface area contributed by atoms with Crippen molar-refractivity contribution >= 4 is 11.9 Å². The summed E-state index contributed by atoms with van der Waals surface area (Å²) in [5.74, 6) is -1.82. The molecule has 7 heteroatoms. The molecule has 1 fully saturated rings. The van der Waals surface area contributed by atoms with Crippen molar-refractivity contribution in [1.29, 1.82) is 0 Å². The van der Waals surface area contributed by atoms with E-state index in [2.05, 4.69) is 17.6 Å². The third-order valence-electron chi connectivity index (χ3n) is 4.45. The van der Waals surface area contributed by atoms with E-state index in [-0.39, 0.29) is 18.2 Å². The molecule has 1 amide bonds. The second-order valence-electron chi connectivity index (χ2n) is 6.17. The van der Waals surface area contributed by atoms with Crippen molar-refractivity contribution < 1.29 is 19.1 Å². The summed E-state index contributed by atoms with van der Waals surface area (Å²) in [7, 11) is 0. The number of carbonyl (C=O) groups is 2. The summed E-state index contributed by atoms with van der Waals surface area (Å²) in [5, 5.41) is 14.6. The SMILES string of the molecule is CCC1CCCNC1c1cc(F)cc(C(=O)NC[C@@H](N)C(=O)O)c1. The number of rotatable bonds is 6. The topological polar surface area (TPSA) is 104 Å². The van der Waals surface area contributed by atoms with Gasteiger partial charge >= 0.3 is 5.97 Å². The molecular formula is C17H24FN3O3. The van der Waals surface area contributed by atoms with Gasteiger partial charge in [0, 0.05) is 18.2 Å². The van der Waals surface area contributed by atoms with Crippen LogP contribution in [0.1, 0.15) is 48.1 Å². The number of carbonyl (C=O) groups excluding carboxylic acids is 1. The highest BCUT2D eigenvalue weighted by atomic mass is 19.1. The Labute approximate surface area is 140 Å². The predicted molar refractivity (Wildman–Crippen MR) is 88.1 cm³/mol. The number of hydrogen-bond acceptors (Lipinski definition) is 4. The summed E-state index contributed by atoms with van der Waals surface area (Å²) in [6.07, 6.45) is 3.13. The molecule has 1 aromatic carbocycles. The van der Waals surface area contributed by atoms with Crippen LogP contribution in [0.3, 0.4) is 0 Å². The van der Waals surface area contributed by atoms with E-state index in [9.17, 15) is 14.0 Å². The fourth-order valence-corrected chi connectivity index (χ4v) is 3.10. The van der Waals surface area contributed by atoms with Crippen molar-refractivity contribution in [2.45, 2.75) is 38.3 Å². The number of piperidine rings is 1. The minimum Gasteiger partial charge on any atom is -0.480 e. The Morgan fingerprint density at radius 2 is 2.21 bits per heavy atom. The third kappa shape index (κ3) is 4.52. The van der Waals surface area contributed by atoms with E-state index in [4.69, 9.17) is 10.8 Å². The van der Waals surface area contributed by atoms with Gasteiger partial charge in [-0.3, -0.25) is 9.59 Å². The lowest BCUT2D eigenvalue weighted by Gasteiger charge is -2.32. The number of benzene rings is 1. The van der Waals surface area contributed by atoms with Crippen LogP contribution in [0.25, 0.3) is 0 Å². The van der Waals surface area contributed by atoms with Crippen LogP contribution >= 0.6 is 0 Å². The van der Waals surface area contributed by atoms with Gasteiger partial charge in [-0.2, -0.15) is 0 Å². The molecule has 0 saturated carbocycles. The molecule has 1 heterocycles. The van der Waals surface area contributed by atoms with E-state index in [1.807, 2.05) is 0 Å². The van der Waals surface area contributed by atoms with Crippen molar-refractivity contribution in [2.24, 2.45) is 11.7 Å². The number of amides is 1. The second-order valence-corrected chi connectivity index (χ2v) is 6.17. The normalized spacial score (nSPS) is 22.0. The standard InChI is InChI=1S/C17H24FN3O3/c1-2-10-4-3-5-20-15(10)11-6-12(8-13(18)7-11)16(22)21-9-14(19)17(23)24/h6-8,10,14-15,20H,2-5,9,19H2,1H3,(H,21,22)(H,23,24)/t10?,14-,15?/m1/s1. The lowest BCUT2D eigenvalue weighted by molar-refractivity contribution is -0.138. The number of aliphatic carboxylic acids is 1. The quantitative estimate of drug-likeness (QED) is 0.628. The number of carboxylic acid groups (broad SMARTS) is 1. The highest BCUT2D eigenvalue weighted by Gasteiger charge is 2.26. The van der Waals surface area contributed by atoms with Crippen LogP contribution in [0, 0.1) is 11.7 Å². The van der Waals surface area contributed by atoms with Crippen LogP contribution in [0.5, 0.6) is 0 Å². The number of hydrogen-bond donors (Lipinski definition) is 4. The molecule has 132 valence electrons. The van der Waals surface area contributed by atoms with Crippen molar-refractivity contribution in [3.63, 3.8) is 0 Å². The maximum absolute atomic E-state index is 14.0. The van der Waals surface area contributed by atoms with Gasteiger partial charge in [0.15, 0.2) is 0 Å². The van der Waals surface area contributed by atoms with Crippen molar-refractivity contribution in [3.05, 3.63) is 35.1 Å². The molecular weight excluding hydrogens is 313 g/mol. The summed E-state index contributed by atoms with van der Waals surface area (Å²) in [6, 6.07) is 3.09. The molecule has 1 aliphatic rings. The van der Waals surface area contributed by atoms with Crippen molar-refractivity contribution in [3.8, 4) is 0 Å². The highest BCUT2D eigenvalue weighted by Crippen LogP contribution is 2.32. The summed E-state index contributed by atoms with van der Waals surface area (Å²) in [4.78, 5) is 22.9. The molecule has 0 aromatic heterocycles. The molecule has 0 spiro atoms. The molecule has 0 radical (unpaired) electrons. The van der Waals surface area contributed by atoms with Crippen LogP contribution in [-0.4, -0.2) is 36.1 Å². The molecule has 1 aliphatic heterocycles. The summed E-state index contributed by atoms with van der Waals surface area (Å²) in [6.45, 7) is 2.76. The molecule has 1 saturated heterocycles. The van der Waals surface area contributed by atoms with Gasteiger partial charge in [-0.15, -0.1) is 0 Å². The summed E-state index contributed by atoms with van der Waals surface area (Å²) < 4.78 is 14.0.